The average Bonchev–Trinajstić information content (AvgIpc) is 2.29. The molecular formula is C14H14O2. The SMILES string of the molecule is C[C@H]1C=CC[C@H]2c3ccccc3OC(=O)[C@H]12. The summed E-state index contributed by atoms with van der Waals surface area (Å²) in [5.41, 5.74) is 1.18. The van der Waals surface area contributed by atoms with Gasteiger partial charge in [-0.1, -0.05) is 37.3 Å². The average molecular weight is 214 g/mol. The first kappa shape index (κ1) is 9.64. The van der Waals surface area contributed by atoms with Crippen LogP contribution in [0.1, 0.15) is 24.8 Å². The molecule has 1 heterocycles. The summed E-state index contributed by atoms with van der Waals surface area (Å²) in [6.07, 6.45) is 5.25. The second-order valence-electron chi connectivity index (χ2n) is 4.61. The Morgan fingerprint density at radius 2 is 2.12 bits per heavy atom. The lowest BCUT2D eigenvalue weighted by atomic mass is 9.72. The molecule has 1 aromatic rings. The smallest absolute Gasteiger partial charge is 0.315 e. The van der Waals surface area contributed by atoms with Gasteiger partial charge < -0.3 is 4.74 Å². The van der Waals surface area contributed by atoms with Crippen molar-refractivity contribution in [3.63, 3.8) is 0 Å². The minimum absolute atomic E-state index is 0.0000926. The summed E-state index contributed by atoms with van der Waals surface area (Å²) >= 11 is 0. The molecule has 0 amide bonds. The van der Waals surface area contributed by atoms with E-state index in [1.54, 1.807) is 0 Å². The molecule has 0 radical (unpaired) electrons. The van der Waals surface area contributed by atoms with Crippen molar-refractivity contribution in [1.29, 1.82) is 0 Å². The van der Waals surface area contributed by atoms with Crippen LogP contribution in [-0.4, -0.2) is 5.97 Å². The van der Waals surface area contributed by atoms with Crippen molar-refractivity contribution < 1.29 is 9.53 Å². The quantitative estimate of drug-likeness (QED) is 0.377. The molecule has 0 unspecified atom stereocenters. The van der Waals surface area contributed by atoms with Gasteiger partial charge in [-0.15, -0.1) is 0 Å². The lowest BCUT2D eigenvalue weighted by Crippen LogP contribution is -2.36. The molecule has 1 aliphatic carbocycles. The number of ether oxygens (including phenoxy) is 1. The Morgan fingerprint density at radius 1 is 1.31 bits per heavy atom. The topological polar surface area (TPSA) is 26.3 Å². The molecule has 3 rings (SSSR count). The molecule has 0 bridgehead atoms. The van der Waals surface area contributed by atoms with Crippen LogP contribution in [0, 0.1) is 11.8 Å². The van der Waals surface area contributed by atoms with Gasteiger partial charge in [-0.3, -0.25) is 4.79 Å². The van der Waals surface area contributed by atoms with Crippen LogP contribution in [0.2, 0.25) is 0 Å². The molecule has 0 aromatic heterocycles. The number of para-hydroxylation sites is 1. The van der Waals surface area contributed by atoms with Gasteiger partial charge >= 0.3 is 5.97 Å². The largest absolute Gasteiger partial charge is 0.426 e. The van der Waals surface area contributed by atoms with E-state index in [0.717, 1.165) is 12.2 Å². The van der Waals surface area contributed by atoms with Crippen molar-refractivity contribution in [2.24, 2.45) is 11.8 Å². The van der Waals surface area contributed by atoms with Gasteiger partial charge in [0.1, 0.15) is 5.75 Å². The normalized spacial score (nSPS) is 31.6. The van der Waals surface area contributed by atoms with Crippen LogP contribution in [0.15, 0.2) is 36.4 Å². The number of hydrogen-bond acceptors (Lipinski definition) is 2. The van der Waals surface area contributed by atoms with E-state index in [0.29, 0.717) is 5.92 Å². The van der Waals surface area contributed by atoms with Gasteiger partial charge in [0, 0.05) is 5.92 Å². The van der Waals surface area contributed by atoms with Crippen LogP contribution < -0.4 is 4.74 Å². The van der Waals surface area contributed by atoms with Crippen molar-refractivity contribution in [3.05, 3.63) is 42.0 Å². The van der Waals surface area contributed by atoms with Crippen LogP contribution in [-0.2, 0) is 4.79 Å². The fourth-order valence-electron chi connectivity index (χ4n) is 2.83. The highest BCUT2D eigenvalue weighted by molar-refractivity contribution is 5.80. The number of esters is 1. The number of hydrogen-bond donors (Lipinski definition) is 0. The van der Waals surface area contributed by atoms with Gasteiger partial charge in [0.2, 0.25) is 0 Å². The molecule has 0 fully saturated rings. The molecule has 82 valence electrons. The second kappa shape index (κ2) is 3.48. The van der Waals surface area contributed by atoms with Crippen LogP contribution in [0.4, 0.5) is 0 Å². The maximum absolute atomic E-state index is 11.9. The first-order valence-electron chi connectivity index (χ1n) is 5.74. The van der Waals surface area contributed by atoms with Crippen molar-refractivity contribution in [3.8, 4) is 5.75 Å². The highest BCUT2D eigenvalue weighted by Gasteiger charge is 2.40. The fourth-order valence-corrected chi connectivity index (χ4v) is 2.83. The Hall–Kier alpha value is -1.57. The standard InChI is InChI=1S/C14H14O2/c1-9-5-4-7-11-10-6-2-3-8-12(10)16-14(15)13(9)11/h2-6,8-9,11,13H,7H2,1H3/t9-,11-,13+/m0/s1. The number of benzene rings is 1. The lowest BCUT2D eigenvalue weighted by Gasteiger charge is -2.36. The maximum atomic E-state index is 11.9. The van der Waals surface area contributed by atoms with Crippen molar-refractivity contribution in [2.45, 2.75) is 19.3 Å². The third-order valence-electron chi connectivity index (χ3n) is 3.63. The van der Waals surface area contributed by atoms with E-state index < -0.39 is 0 Å². The van der Waals surface area contributed by atoms with E-state index in [4.69, 9.17) is 4.74 Å². The molecule has 2 heteroatoms. The van der Waals surface area contributed by atoms with E-state index in [9.17, 15) is 4.79 Å². The number of carbonyl (C=O) groups is 1. The van der Waals surface area contributed by atoms with E-state index in [1.165, 1.54) is 5.56 Å². The zero-order chi connectivity index (χ0) is 11.1. The summed E-state index contributed by atoms with van der Waals surface area (Å²) in [6.45, 7) is 2.09. The third-order valence-corrected chi connectivity index (χ3v) is 3.63. The Balaban J connectivity index is 2.11. The monoisotopic (exact) mass is 214 g/mol. The molecule has 0 N–H and O–H groups in total. The van der Waals surface area contributed by atoms with Crippen molar-refractivity contribution >= 4 is 5.97 Å². The Morgan fingerprint density at radius 3 is 3.00 bits per heavy atom. The third kappa shape index (κ3) is 1.29. The highest BCUT2D eigenvalue weighted by Crippen LogP contribution is 2.45. The first-order chi connectivity index (χ1) is 7.77. The minimum Gasteiger partial charge on any atom is -0.426 e. The van der Waals surface area contributed by atoms with Crippen LogP contribution in [0.5, 0.6) is 5.75 Å². The maximum Gasteiger partial charge on any atom is 0.315 e. The van der Waals surface area contributed by atoms with Gasteiger partial charge in [-0.2, -0.15) is 0 Å². The summed E-state index contributed by atoms with van der Waals surface area (Å²) < 4.78 is 5.40. The highest BCUT2D eigenvalue weighted by atomic mass is 16.5. The second-order valence-corrected chi connectivity index (χ2v) is 4.61. The molecule has 3 atom stereocenters. The molecule has 2 aliphatic rings. The van der Waals surface area contributed by atoms with Gasteiger partial charge in [0.25, 0.3) is 0 Å². The molecule has 2 nitrogen and oxygen atoms in total. The molecule has 16 heavy (non-hydrogen) atoms. The number of carbonyl (C=O) groups excluding carboxylic acids is 1. The lowest BCUT2D eigenvalue weighted by molar-refractivity contribution is -0.142. The van der Waals surface area contributed by atoms with E-state index >= 15 is 0 Å². The van der Waals surface area contributed by atoms with Gasteiger partial charge in [-0.05, 0) is 24.0 Å². The zero-order valence-corrected chi connectivity index (χ0v) is 9.22. The summed E-state index contributed by atoms with van der Waals surface area (Å²) in [7, 11) is 0. The number of rotatable bonds is 0. The number of fused-ring (bicyclic) bond motifs is 3. The number of allylic oxidation sites excluding steroid dienone is 2. The van der Waals surface area contributed by atoms with Gasteiger partial charge in [-0.25, -0.2) is 0 Å². The van der Waals surface area contributed by atoms with Crippen molar-refractivity contribution in [1.82, 2.24) is 0 Å². The Kier molecular flexibility index (Phi) is 2.10. The molecule has 1 aromatic carbocycles. The van der Waals surface area contributed by atoms with E-state index in [-0.39, 0.29) is 17.8 Å². The van der Waals surface area contributed by atoms with Crippen molar-refractivity contribution in [2.75, 3.05) is 0 Å². The van der Waals surface area contributed by atoms with Gasteiger partial charge in [0.05, 0.1) is 5.92 Å². The minimum atomic E-state index is -0.0689. The summed E-state index contributed by atoms with van der Waals surface area (Å²) in [6, 6.07) is 7.88. The Bertz CT molecular complexity index is 462. The van der Waals surface area contributed by atoms with Crippen LogP contribution in [0.25, 0.3) is 0 Å². The zero-order valence-electron chi connectivity index (χ0n) is 9.22. The molecule has 0 saturated heterocycles. The van der Waals surface area contributed by atoms with E-state index in [2.05, 4.69) is 25.1 Å². The summed E-state index contributed by atoms with van der Waals surface area (Å²) in [4.78, 5) is 11.9. The fraction of sp³-hybridized carbons (Fsp3) is 0.357. The summed E-state index contributed by atoms with van der Waals surface area (Å²) in [5, 5.41) is 0. The predicted octanol–water partition coefficient (Wildman–Crippen LogP) is 2.90. The molecule has 0 saturated carbocycles. The summed E-state index contributed by atoms with van der Waals surface area (Å²) in [5.74, 6) is 1.26. The predicted molar refractivity (Wildman–Crippen MR) is 61.2 cm³/mol. The molecule has 1 aliphatic heterocycles. The first-order valence-corrected chi connectivity index (χ1v) is 5.74. The van der Waals surface area contributed by atoms with Crippen LogP contribution in [0.3, 0.4) is 0 Å². The Labute approximate surface area is 94.9 Å². The molecular weight excluding hydrogens is 200 g/mol. The van der Waals surface area contributed by atoms with Gasteiger partial charge in [0.15, 0.2) is 0 Å². The molecule has 0 spiro atoms. The van der Waals surface area contributed by atoms with Crippen LogP contribution >= 0.6 is 0 Å². The van der Waals surface area contributed by atoms with E-state index in [1.807, 2.05) is 18.2 Å².